The van der Waals surface area contributed by atoms with Crippen molar-refractivity contribution < 1.29 is 4.79 Å². The molecule has 33 heavy (non-hydrogen) atoms. The summed E-state index contributed by atoms with van der Waals surface area (Å²) in [4.78, 5) is 15.8. The molecule has 0 bridgehead atoms. The first-order chi connectivity index (χ1) is 15.8. The largest absolute Gasteiger partial charge is 0.352 e. The molecule has 2 fully saturated rings. The monoisotopic (exact) mass is 482 g/mol. The summed E-state index contributed by atoms with van der Waals surface area (Å²) in [6.07, 6.45) is 8.84. The van der Waals surface area contributed by atoms with Gasteiger partial charge in [-0.1, -0.05) is 73.5 Å². The maximum Gasteiger partial charge on any atom is 0.226 e. The van der Waals surface area contributed by atoms with Crippen LogP contribution < -0.4 is 5.32 Å². The van der Waals surface area contributed by atoms with Crippen molar-refractivity contribution in [1.82, 2.24) is 10.2 Å². The second-order valence-corrected chi connectivity index (χ2v) is 11.4. The number of carbonyl (C=O) groups is 1. The van der Waals surface area contributed by atoms with Crippen molar-refractivity contribution in [2.75, 3.05) is 13.1 Å². The molecule has 5 heteroatoms. The second kappa shape index (κ2) is 8.76. The second-order valence-electron chi connectivity index (χ2n) is 10.5. The van der Waals surface area contributed by atoms with E-state index in [1.54, 1.807) is 6.07 Å². The third kappa shape index (κ3) is 4.24. The van der Waals surface area contributed by atoms with Crippen LogP contribution in [0.4, 0.5) is 0 Å². The molecule has 0 radical (unpaired) electrons. The fourth-order valence-electron chi connectivity index (χ4n) is 6.39. The molecule has 4 atom stereocenters. The summed E-state index contributed by atoms with van der Waals surface area (Å²) < 4.78 is 0. The molecule has 2 unspecified atom stereocenters. The van der Waals surface area contributed by atoms with Crippen LogP contribution in [0.15, 0.2) is 48.5 Å². The minimum atomic E-state index is -0.328. The van der Waals surface area contributed by atoms with E-state index in [-0.39, 0.29) is 16.7 Å². The van der Waals surface area contributed by atoms with Crippen molar-refractivity contribution in [1.29, 1.82) is 0 Å². The zero-order valence-corrected chi connectivity index (χ0v) is 20.9. The third-order valence-electron chi connectivity index (χ3n) is 8.38. The van der Waals surface area contributed by atoms with E-state index in [9.17, 15) is 4.79 Å². The summed E-state index contributed by atoms with van der Waals surface area (Å²) in [6, 6.07) is 14.7. The van der Waals surface area contributed by atoms with Crippen molar-refractivity contribution in [3.8, 4) is 0 Å². The number of rotatable bonds is 4. The zero-order valence-electron chi connectivity index (χ0n) is 19.4. The summed E-state index contributed by atoms with van der Waals surface area (Å²) in [5.74, 6) is 0.690. The van der Waals surface area contributed by atoms with Crippen LogP contribution in [0.25, 0.3) is 6.08 Å². The molecule has 1 aliphatic heterocycles. The van der Waals surface area contributed by atoms with Gasteiger partial charge in [-0.2, -0.15) is 0 Å². The van der Waals surface area contributed by atoms with Crippen molar-refractivity contribution in [3.63, 3.8) is 0 Å². The lowest BCUT2D eigenvalue weighted by molar-refractivity contribution is -0.130. The number of carbonyl (C=O) groups excluding carboxylic acids is 1. The van der Waals surface area contributed by atoms with Crippen molar-refractivity contribution in [2.24, 2.45) is 11.3 Å². The number of likely N-dealkylation sites (tertiary alicyclic amines) is 1. The highest BCUT2D eigenvalue weighted by molar-refractivity contribution is 6.34. The van der Waals surface area contributed by atoms with Crippen LogP contribution in [0.2, 0.25) is 10.0 Å². The number of hydrogen-bond donors (Lipinski definition) is 1. The molecular weight excluding hydrogens is 451 g/mol. The van der Waals surface area contributed by atoms with Crippen molar-refractivity contribution >= 4 is 35.2 Å². The highest BCUT2D eigenvalue weighted by atomic mass is 35.5. The quantitative estimate of drug-likeness (QED) is 0.540. The molecule has 2 aromatic carbocycles. The van der Waals surface area contributed by atoms with Crippen LogP contribution in [-0.2, 0) is 16.8 Å². The molecule has 174 valence electrons. The third-order valence-corrected chi connectivity index (χ3v) is 8.81. The Kier molecular flexibility index (Phi) is 6.09. The Morgan fingerprint density at radius 1 is 1.15 bits per heavy atom. The van der Waals surface area contributed by atoms with Gasteiger partial charge in [0, 0.05) is 40.0 Å². The number of hydrogen-bond acceptors (Lipinski definition) is 2. The highest BCUT2D eigenvalue weighted by Crippen LogP contribution is 2.49. The van der Waals surface area contributed by atoms with E-state index in [0.29, 0.717) is 28.5 Å². The van der Waals surface area contributed by atoms with Crippen molar-refractivity contribution in [3.05, 3.63) is 75.3 Å². The van der Waals surface area contributed by atoms with Crippen LogP contribution in [0.1, 0.15) is 56.2 Å². The fourth-order valence-corrected chi connectivity index (χ4v) is 6.96. The van der Waals surface area contributed by atoms with Gasteiger partial charge in [0.1, 0.15) is 0 Å². The fraction of sp³-hybridized carbons (Fsp3) is 0.464. The van der Waals surface area contributed by atoms with Crippen LogP contribution >= 0.6 is 23.2 Å². The first kappa shape index (κ1) is 23.0. The number of nitrogens with one attached hydrogen (secondary N) is 1. The molecular formula is C28H32Cl2N2O. The Balaban J connectivity index is 1.21. The molecule has 1 amide bonds. The maximum atomic E-state index is 13.1. The number of halogens is 2. The molecule has 0 aromatic heterocycles. The Morgan fingerprint density at radius 3 is 2.67 bits per heavy atom. The predicted molar refractivity (Wildman–Crippen MR) is 137 cm³/mol. The standard InChI is InChI=1S/C28H32Cl2N2O/c1-19-18-32(12-11-28(19)10-7-21-5-3-4-6-25(21)28)24-8-9-27(2,16-24)26(33)31-17-20-13-22(29)15-23(30)14-20/h3-7,10,13-15,19,24H,8-9,11-12,16-18H2,1-2H3,(H,31,33)/t19-,24?,27?,28-/m0/s1. The summed E-state index contributed by atoms with van der Waals surface area (Å²) in [5.41, 5.74) is 3.65. The van der Waals surface area contributed by atoms with Crippen LogP contribution in [0.3, 0.4) is 0 Å². The van der Waals surface area contributed by atoms with E-state index in [4.69, 9.17) is 23.2 Å². The molecule has 1 spiro atoms. The van der Waals surface area contributed by atoms with Gasteiger partial charge in [-0.25, -0.2) is 0 Å². The summed E-state index contributed by atoms with van der Waals surface area (Å²) in [6.45, 7) is 7.15. The topological polar surface area (TPSA) is 32.3 Å². The van der Waals surface area contributed by atoms with Crippen LogP contribution in [0, 0.1) is 11.3 Å². The molecule has 3 aliphatic rings. The molecule has 3 nitrogen and oxygen atoms in total. The predicted octanol–water partition coefficient (Wildman–Crippen LogP) is 6.48. The molecule has 5 rings (SSSR count). The number of benzene rings is 2. The molecule has 1 heterocycles. The van der Waals surface area contributed by atoms with E-state index in [0.717, 1.165) is 44.3 Å². The Bertz CT molecular complexity index is 1080. The van der Waals surface area contributed by atoms with Gasteiger partial charge in [0.15, 0.2) is 0 Å². The van der Waals surface area contributed by atoms with E-state index >= 15 is 0 Å². The summed E-state index contributed by atoms with van der Waals surface area (Å²) >= 11 is 12.2. The lowest BCUT2D eigenvalue weighted by atomic mass is 9.68. The van der Waals surface area contributed by atoms with Crippen LogP contribution in [0.5, 0.6) is 0 Å². The van der Waals surface area contributed by atoms with E-state index in [1.165, 1.54) is 11.1 Å². The van der Waals surface area contributed by atoms with Crippen LogP contribution in [-0.4, -0.2) is 29.9 Å². The van der Waals surface area contributed by atoms with Gasteiger partial charge in [0.05, 0.1) is 0 Å². The van der Waals surface area contributed by atoms with Gasteiger partial charge < -0.3 is 5.32 Å². The minimum Gasteiger partial charge on any atom is -0.352 e. The SMILES string of the molecule is C[C@H]1CN(C2CCC(C)(C(=O)NCc3cc(Cl)cc(Cl)c3)C2)CC[C@@]12C=Cc1ccccc12. The first-order valence-corrected chi connectivity index (χ1v) is 12.8. The lowest BCUT2D eigenvalue weighted by Gasteiger charge is -2.46. The number of fused-ring (bicyclic) bond motifs is 2. The first-order valence-electron chi connectivity index (χ1n) is 12.1. The smallest absolute Gasteiger partial charge is 0.226 e. The Labute approximate surface area is 207 Å². The summed E-state index contributed by atoms with van der Waals surface area (Å²) in [7, 11) is 0. The van der Waals surface area contributed by atoms with E-state index in [2.05, 4.69) is 60.5 Å². The lowest BCUT2D eigenvalue weighted by Crippen LogP contribution is -2.50. The molecule has 2 aromatic rings. The Morgan fingerprint density at radius 2 is 1.91 bits per heavy atom. The molecule has 1 saturated heterocycles. The zero-order chi connectivity index (χ0) is 23.2. The number of nitrogens with zero attached hydrogens (tertiary/aromatic N) is 1. The number of piperidine rings is 1. The average Bonchev–Trinajstić information content (AvgIpc) is 3.36. The molecule has 1 saturated carbocycles. The Hall–Kier alpha value is -1.81. The van der Waals surface area contributed by atoms with Gasteiger partial charge >= 0.3 is 0 Å². The molecule has 1 N–H and O–H groups in total. The van der Waals surface area contributed by atoms with Gasteiger partial charge in [-0.05, 0) is 73.0 Å². The van der Waals surface area contributed by atoms with Gasteiger partial charge in [-0.3, -0.25) is 9.69 Å². The van der Waals surface area contributed by atoms with E-state index < -0.39 is 0 Å². The minimum absolute atomic E-state index is 0.135. The maximum absolute atomic E-state index is 13.1. The highest BCUT2D eigenvalue weighted by Gasteiger charge is 2.48. The van der Waals surface area contributed by atoms with Gasteiger partial charge in [-0.15, -0.1) is 0 Å². The summed E-state index contributed by atoms with van der Waals surface area (Å²) in [5, 5.41) is 4.32. The van der Waals surface area contributed by atoms with Gasteiger partial charge in [0.2, 0.25) is 5.91 Å². The number of allylic oxidation sites excluding steroid dienone is 1. The normalized spacial score (nSPS) is 31.2. The average molecular weight is 483 g/mol. The van der Waals surface area contributed by atoms with Gasteiger partial charge in [0.25, 0.3) is 0 Å². The molecule has 2 aliphatic carbocycles. The van der Waals surface area contributed by atoms with E-state index in [1.807, 2.05) is 12.1 Å². The number of amides is 1. The van der Waals surface area contributed by atoms with Crippen molar-refractivity contribution in [2.45, 2.75) is 57.5 Å².